The summed E-state index contributed by atoms with van der Waals surface area (Å²) >= 11 is 0. The van der Waals surface area contributed by atoms with Gasteiger partial charge in [-0.1, -0.05) is 170 Å². The van der Waals surface area contributed by atoms with E-state index in [9.17, 15) is 0 Å². The van der Waals surface area contributed by atoms with E-state index in [2.05, 4.69) is 140 Å². The molecule has 8 aromatic carbocycles. The highest BCUT2D eigenvalue weighted by molar-refractivity contribution is 6.25. The van der Waals surface area contributed by atoms with Gasteiger partial charge < -0.3 is 0 Å². The Morgan fingerprint density at radius 2 is 0.500 bits per heavy atom. The second-order valence-corrected chi connectivity index (χ2v) is 12.0. The lowest BCUT2D eigenvalue weighted by Gasteiger charge is -2.12. The number of benzene rings is 8. The van der Waals surface area contributed by atoms with Crippen molar-refractivity contribution in [3.8, 4) is 56.4 Å². The summed E-state index contributed by atoms with van der Waals surface area (Å²) in [6, 6.07) is 61.7. The molecular formula is C45H29N3. The van der Waals surface area contributed by atoms with Gasteiger partial charge in [0.25, 0.3) is 0 Å². The zero-order valence-corrected chi connectivity index (χ0v) is 26.1. The molecule has 0 saturated carbocycles. The number of hydrogen-bond donors (Lipinski definition) is 0. The van der Waals surface area contributed by atoms with Gasteiger partial charge in [-0.15, -0.1) is 0 Å². The first-order chi connectivity index (χ1) is 23.8. The highest BCUT2D eigenvalue weighted by atomic mass is 15.0. The fraction of sp³-hybridized carbons (Fsp3) is 0. The summed E-state index contributed by atoms with van der Waals surface area (Å²) in [5, 5.41) is 7.38. The Hall–Kier alpha value is -6.45. The molecule has 1 aromatic heterocycles. The molecule has 9 aromatic rings. The lowest BCUT2D eigenvalue weighted by molar-refractivity contribution is 1.07. The third kappa shape index (κ3) is 4.99. The maximum absolute atomic E-state index is 5.07. The standard InChI is InChI=1S/C45H29N3/c1-3-11-30(12-4-1)31-19-21-32(22-20-31)33-23-25-35(26-24-33)44-46-43(34-13-5-2-6-14-34)47-45(48-44)36-27-28-41-39-17-8-7-15-37(39)38-16-9-10-18-40(38)42(41)29-36/h1-29H. The van der Waals surface area contributed by atoms with E-state index >= 15 is 0 Å². The lowest BCUT2D eigenvalue weighted by atomic mass is 9.93. The Labute approximate surface area is 278 Å². The lowest BCUT2D eigenvalue weighted by Crippen LogP contribution is -2.00. The molecule has 0 bridgehead atoms. The maximum atomic E-state index is 5.07. The van der Waals surface area contributed by atoms with Crippen molar-refractivity contribution in [1.29, 1.82) is 0 Å². The molecule has 0 amide bonds. The van der Waals surface area contributed by atoms with Gasteiger partial charge in [0.1, 0.15) is 0 Å². The van der Waals surface area contributed by atoms with Crippen molar-refractivity contribution in [3.63, 3.8) is 0 Å². The van der Waals surface area contributed by atoms with Crippen molar-refractivity contribution in [2.24, 2.45) is 0 Å². The molecule has 0 fully saturated rings. The Morgan fingerprint density at radius 1 is 0.208 bits per heavy atom. The third-order valence-corrected chi connectivity index (χ3v) is 9.14. The Balaban J connectivity index is 1.14. The largest absolute Gasteiger partial charge is 0.208 e. The second-order valence-electron chi connectivity index (χ2n) is 12.0. The van der Waals surface area contributed by atoms with Gasteiger partial charge in [0, 0.05) is 16.7 Å². The molecule has 0 saturated heterocycles. The monoisotopic (exact) mass is 611 g/mol. The number of aromatic nitrogens is 3. The highest BCUT2D eigenvalue weighted by Crippen LogP contribution is 2.37. The summed E-state index contributed by atoms with van der Waals surface area (Å²) in [5.74, 6) is 1.95. The van der Waals surface area contributed by atoms with Crippen LogP contribution in [-0.2, 0) is 0 Å². The van der Waals surface area contributed by atoms with Gasteiger partial charge >= 0.3 is 0 Å². The van der Waals surface area contributed by atoms with Crippen molar-refractivity contribution in [2.75, 3.05) is 0 Å². The van der Waals surface area contributed by atoms with Crippen LogP contribution in [0, 0.1) is 0 Å². The number of hydrogen-bond acceptors (Lipinski definition) is 3. The minimum Gasteiger partial charge on any atom is -0.208 e. The first-order valence-corrected chi connectivity index (χ1v) is 16.2. The third-order valence-electron chi connectivity index (χ3n) is 9.14. The quantitative estimate of drug-likeness (QED) is 0.182. The normalized spacial score (nSPS) is 11.3. The summed E-state index contributed by atoms with van der Waals surface area (Å²) in [4.78, 5) is 15.1. The average molecular weight is 612 g/mol. The molecule has 0 aliphatic heterocycles. The molecule has 0 spiro atoms. The predicted molar refractivity (Wildman–Crippen MR) is 200 cm³/mol. The average Bonchev–Trinajstić information content (AvgIpc) is 3.18. The maximum Gasteiger partial charge on any atom is 0.164 e. The molecule has 0 radical (unpaired) electrons. The first kappa shape index (κ1) is 27.8. The minimum absolute atomic E-state index is 0.647. The molecule has 224 valence electrons. The summed E-state index contributed by atoms with van der Waals surface area (Å²) in [6.45, 7) is 0. The Kier molecular flexibility index (Phi) is 6.80. The van der Waals surface area contributed by atoms with Gasteiger partial charge in [-0.2, -0.15) is 0 Å². The van der Waals surface area contributed by atoms with Crippen molar-refractivity contribution in [3.05, 3.63) is 176 Å². The van der Waals surface area contributed by atoms with Crippen molar-refractivity contribution < 1.29 is 0 Å². The molecule has 9 rings (SSSR count). The number of rotatable bonds is 5. The topological polar surface area (TPSA) is 38.7 Å². The van der Waals surface area contributed by atoms with Gasteiger partial charge in [0.05, 0.1) is 0 Å². The van der Waals surface area contributed by atoms with Crippen molar-refractivity contribution in [2.45, 2.75) is 0 Å². The molecule has 0 aliphatic carbocycles. The first-order valence-electron chi connectivity index (χ1n) is 16.2. The SMILES string of the molecule is c1ccc(-c2ccc(-c3ccc(-c4nc(-c5ccccc5)nc(-c5ccc6c7ccccc7c7ccccc7c6c5)n4)cc3)cc2)cc1. The van der Waals surface area contributed by atoms with Crippen LogP contribution < -0.4 is 0 Å². The van der Waals surface area contributed by atoms with E-state index in [0.29, 0.717) is 17.5 Å². The van der Waals surface area contributed by atoms with Crippen LogP contribution in [0.5, 0.6) is 0 Å². The smallest absolute Gasteiger partial charge is 0.164 e. The molecule has 48 heavy (non-hydrogen) atoms. The van der Waals surface area contributed by atoms with Gasteiger partial charge in [0.15, 0.2) is 17.5 Å². The summed E-state index contributed by atoms with van der Waals surface area (Å²) in [7, 11) is 0. The highest BCUT2D eigenvalue weighted by Gasteiger charge is 2.15. The van der Waals surface area contributed by atoms with Crippen LogP contribution in [0.1, 0.15) is 0 Å². The van der Waals surface area contributed by atoms with Crippen LogP contribution in [0.15, 0.2) is 176 Å². The number of fused-ring (bicyclic) bond motifs is 6. The van der Waals surface area contributed by atoms with Gasteiger partial charge in [-0.3, -0.25) is 0 Å². The van der Waals surface area contributed by atoms with Crippen LogP contribution in [-0.4, -0.2) is 15.0 Å². The van der Waals surface area contributed by atoms with Crippen molar-refractivity contribution in [1.82, 2.24) is 15.0 Å². The van der Waals surface area contributed by atoms with Crippen LogP contribution >= 0.6 is 0 Å². The van der Waals surface area contributed by atoms with Gasteiger partial charge in [0.2, 0.25) is 0 Å². The van der Waals surface area contributed by atoms with Crippen LogP contribution in [0.2, 0.25) is 0 Å². The summed E-state index contributed by atoms with van der Waals surface area (Å²) in [5.41, 5.74) is 7.58. The van der Waals surface area contributed by atoms with Gasteiger partial charge in [-0.25, -0.2) is 15.0 Å². The molecule has 3 heteroatoms. The van der Waals surface area contributed by atoms with Crippen molar-refractivity contribution >= 4 is 32.3 Å². The molecule has 3 nitrogen and oxygen atoms in total. The zero-order chi connectivity index (χ0) is 31.9. The Morgan fingerprint density at radius 3 is 0.979 bits per heavy atom. The van der Waals surface area contributed by atoms with E-state index in [0.717, 1.165) is 22.3 Å². The minimum atomic E-state index is 0.647. The number of nitrogens with zero attached hydrogens (tertiary/aromatic N) is 3. The van der Waals surface area contributed by atoms with E-state index in [1.165, 1.54) is 49.0 Å². The van der Waals surface area contributed by atoms with Crippen LogP contribution in [0.25, 0.3) is 88.7 Å². The van der Waals surface area contributed by atoms with Gasteiger partial charge in [-0.05, 0) is 60.6 Å². The Bertz CT molecular complexity index is 2540. The van der Waals surface area contributed by atoms with E-state index in [4.69, 9.17) is 15.0 Å². The van der Waals surface area contributed by atoms with E-state index in [-0.39, 0.29) is 0 Å². The molecular weight excluding hydrogens is 583 g/mol. The molecule has 1 heterocycles. The predicted octanol–water partition coefficient (Wildman–Crippen LogP) is 11.7. The van der Waals surface area contributed by atoms with Crippen LogP contribution in [0.3, 0.4) is 0 Å². The second kappa shape index (κ2) is 11.7. The molecule has 0 atom stereocenters. The summed E-state index contributed by atoms with van der Waals surface area (Å²) in [6.07, 6.45) is 0. The van der Waals surface area contributed by atoms with E-state index in [1.807, 2.05) is 36.4 Å². The van der Waals surface area contributed by atoms with E-state index in [1.54, 1.807) is 0 Å². The van der Waals surface area contributed by atoms with Crippen LogP contribution in [0.4, 0.5) is 0 Å². The van der Waals surface area contributed by atoms with E-state index < -0.39 is 0 Å². The molecule has 0 N–H and O–H groups in total. The fourth-order valence-electron chi connectivity index (χ4n) is 6.69. The molecule has 0 unspecified atom stereocenters. The summed E-state index contributed by atoms with van der Waals surface area (Å²) < 4.78 is 0. The zero-order valence-electron chi connectivity index (χ0n) is 26.1. The fourth-order valence-corrected chi connectivity index (χ4v) is 6.69. The molecule has 0 aliphatic rings.